The van der Waals surface area contributed by atoms with Gasteiger partial charge in [0.2, 0.25) is 29.5 Å². The summed E-state index contributed by atoms with van der Waals surface area (Å²) in [6.45, 7) is 2.14. The molecule has 0 fully saturated rings. The van der Waals surface area contributed by atoms with E-state index in [2.05, 4.69) is 26.3 Å². The van der Waals surface area contributed by atoms with Gasteiger partial charge in [0.05, 0.1) is 19.1 Å². The molecule has 0 aliphatic heterocycles. The summed E-state index contributed by atoms with van der Waals surface area (Å²) in [6, 6.07) is -5.70. The maximum Gasteiger partial charge on any atom is 0.328 e. The fourth-order valence-corrected chi connectivity index (χ4v) is 2.76. The average molecular weight is 518 g/mol. The molecular weight excluding hydrogens is 482 g/mol. The number of nitrogens with zero attached hydrogens (tertiary/aromatic N) is 1. The van der Waals surface area contributed by atoms with Crippen molar-refractivity contribution in [2.45, 2.75) is 63.4 Å². The van der Waals surface area contributed by atoms with Crippen molar-refractivity contribution in [3.8, 4) is 0 Å². The predicted molar refractivity (Wildman–Crippen MR) is 125 cm³/mol. The lowest BCUT2D eigenvalue weighted by Gasteiger charge is -2.25. The second kappa shape index (κ2) is 15.8. The molecule has 0 bridgehead atoms. The molecule has 17 heteroatoms. The van der Waals surface area contributed by atoms with Crippen LogP contribution in [0.1, 0.15) is 33.1 Å². The number of primary amides is 1. The Kier molecular flexibility index (Phi) is 14.1. The van der Waals surface area contributed by atoms with E-state index in [1.807, 2.05) is 0 Å². The first-order valence-corrected chi connectivity index (χ1v) is 10.8. The smallest absolute Gasteiger partial charge is 0.328 e. The minimum Gasteiger partial charge on any atom is -0.480 e. The molecule has 5 atom stereocenters. The first-order valence-electron chi connectivity index (χ1n) is 10.8. The molecule has 0 radical (unpaired) electrons. The SMILES string of the molecule is C[C@H](NC(=O)CN)C(=O)N[C@@H](CC(N)=O)C(=O)N[C@@H](CCCN=C(N)N)C(=O)N[C@H](C(=O)O)[C@@H](C)O. The van der Waals surface area contributed by atoms with Crippen molar-refractivity contribution in [2.24, 2.45) is 27.9 Å². The monoisotopic (exact) mass is 517 g/mol. The van der Waals surface area contributed by atoms with Crippen LogP contribution in [0.3, 0.4) is 0 Å². The molecule has 5 amide bonds. The molecule has 0 rings (SSSR count). The number of hydrogen-bond donors (Lipinski definition) is 10. The molecule has 14 N–H and O–H groups in total. The second-order valence-electron chi connectivity index (χ2n) is 7.80. The van der Waals surface area contributed by atoms with Gasteiger partial charge in [-0.1, -0.05) is 0 Å². The Morgan fingerprint density at radius 3 is 1.89 bits per heavy atom. The molecule has 0 saturated heterocycles. The van der Waals surface area contributed by atoms with Crippen LogP contribution >= 0.6 is 0 Å². The van der Waals surface area contributed by atoms with Gasteiger partial charge in [-0.15, -0.1) is 0 Å². The molecule has 204 valence electrons. The van der Waals surface area contributed by atoms with E-state index in [0.29, 0.717) is 0 Å². The highest BCUT2D eigenvalue weighted by molar-refractivity contribution is 5.96. The quantitative estimate of drug-likeness (QED) is 0.0522. The summed E-state index contributed by atoms with van der Waals surface area (Å²) in [6.07, 6.45) is -2.03. The highest BCUT2D eigenvalue weighted by Gasteiger charge is 2.32. The number of nitrogens with two attached hydrogens (primary N) is 4. The van der Waals surface area contributed by atoms with E-state index in [1.54, 1.807) is 0 Å². The standard InChI is InChI=1S/C19H35N9O8/c1-8(25-13(31)7-20)15(32)27-11(6-12(21)30)17(34)26-10(4-3-5-24-19(22)23)16(33)28-14(9(2)29)18(35)36/h8-11,14,29H,3-7,20H2,1-2H3,(H2,21,30)(H,25,31)(H,26,34)(H,27,32)(H,28,33)(H,35,36)(H4,22,23,24)/t8-,9+,10-,11-,14-/m0/s1. The number of carbonyl (C=O) groups is 6. The number of nitrogens with one attached hydrogen (secondary N) is 4. The lowest BCUT2D eigenvalue weighted by Crippen LogP contribution is -2.59. The molecule has 0 aromatic heterocycles. The van der Waals surface area contributed by atoms with E-state index in [4.69, 9.17) is 22.9 Å². The summed E-state index contributed by atoms with van der Waals surface area (Å²) in [7, 11) is 0. The van der Waals surface area contributed by atoms with Crippen molar-refractivity contribution < 1.29 is 39.0 Å². The number of carboxylic acids is 1. The minimum atomic E-state index is -1.68. The fourth-order valence-electron chi connectivity index (χ4n) is 2.76. The summed E-state index contributed by atoms with van der Waals surface area (Å²) >= 11 is 0. The molecule has 0 unspecified atom stereocenters. The number of aliphatic imine (C=N–C) groups is 1. The van der Waals surface area contributed by atoms with Gasteiger partial charge in [-0.2, -0.15) is 0 Å². The number of aliphatic hydroxyl groups excluding tert-OH is 1. The molecule has 0 aromatic rings. The predicted octanol–water partition coefficient (Wildman–Crippen LogP) is -5.70. The van der Waals surface area contributed by atoms with Crippen LogP contribution in [0.25, 0.3) is 0 Å². The molecule has 17 nitrogen and oxygen atoms in total. The van der Waals surface area contributed by atoms with Crippen molar-refractivity contribution in [3.63, 3.8) is 0 Å². The Hall–Kier alpha value is -3.99. The normalized spacial score (nSPS) is 14.7. The van der Waals surface area contributed by atoms with Crippen molar-refractivity contribution in [2.75, 3.05) is 13.1 Å². The lowest BCUT2D eigenvalue weighted by atomic mass is 10.1. The van der Waals surface area contributed by atoms with E-state index >= 15 is 0 Å². The lowest BCUT2D eigenvalue weighted by molar-refractivity contribution is -0.145. The van der Waals surface area contributed by atoms with E-state index < -0.39 is 72.2 Å². The second-order valence-corrected chi connectivity index (χ2v) is 7.80. The van der Waals surface area contributed by atoms with Gasteiger partial charge in [0.15, 0.2) is 12.0 Å². The maximum absolute atomic E-state index is 12.9. The summed E-state index contributed by atoms with van der Waals surface area (Å²) in [5, 5.41) is 27.8. The third kappa shape index (κ3) is 12.5. The van der Waals surface area contributed by atoms with Crippen LogP contribution in [0.2, 0.25) is 0 Å². The molecule has 0 spiro atoms. The zero-order valence-electron chi connectivity index (χ0n) is 20.0. The third-order valence-corrected chi connectivity index (χ3v) is 4.62. The topological polar surface area (TPSA) is 307 Å². The van der Waals surface area contributed by atoms with Crippen molar-refractivity contribution in [1.29, 1.82) is 0 Å². The first-order chi connectivity index (χ1) is 16.7. The number of aliphatic carboxylic acids is 1. The first kappa shape index (κ1) is 32.0. The molecular formula is C19H35N9O8. The van der Waals surface area contributed by atoms with E-state index in [-0.39, 0.29) is 31.9 Å². The largest absolute Gasteiger partial charge is 0.480 e. The van der Waals surface area contributed by atoms with Crippen molar-refractivity contribution in [3.05, 3.63) is 0 Å². The summed E-state index contributed by atoms with van der Waals surface area (Å²) in [5.74, 6) is -6.12. The van der Waals surface area contributed by atoms with E-state index in [0.717, 1.165) is 6.92 Å². The summed E-state index contributed by atoms with van der Waals surface area (Å²) in [5.41, 5.74) is 20.8. The average Bonchev–Trinajstić information content (AvgIpc) is 2.77. The zero-order chi connectivity index (χ0) is 28.0. The van der Waals surface area contributed by atoms with Gasteiger partial charge in [0.25, 0.3) is 0 Å². The highest BCUT2D eigenvalue weighted by Crippen LogP contribution is 2.04. The van der Waals surface area contributed by atoms with Crippen LogP contribution in [-0.4, -0.2) is 95.0 Å². The maximum atomic E-state index is 12.9. The summed E-state index contributed by atoms with van der Waals surface area (Å²) in [4.78, 5) is 75.9. The number of amides is 5. The van der Waals surface area contributed by atoms with Gasteiger partial charge in [-0.3, -0.25) is 29.0 Å². The fraction of sp³-hybridized carbons (Fsp3) is 0.632. The van der Waals surface area contributed by atoms with Crippen LogP contribution in [-0.2, 0) is 28.8 Å². The van der Waals surface area contributed by atoms with Crippen LogP contribution in [0, 0.1) is 0 Å². The molecule has 0 aliphatic carbocycles. The number of carbonyl (C=O) groups excluding carboxylic acids is 5. The van der Waals surface area contributed by atoms with Gasteiger partial charge < -0.3 is 54.4 Å². The molecule has 36 heavy (non-hydrogen) atoms. The number of carboxylic acid groups (broad SMARTS) is 1. The van der Waals surface area contributed by atoms with Crippen LogP contribution in [0.4, 0.5) is 0 Å². The zero-order valence-corrected chi connectivity index (χ0v) is 20.0. The van der Waals surface area contributed by atoms with Gasteiger partial charge in [0, 0.05) is 6.54 Å². The van der Waals surface area contributed by atoms with Crippen molar-refractivity contribution in [1.82, 2.24) is 21.3 Å². The molecule has 0 aliphatic rings. The van der Waals surface area contributed by atoms with E-state index in [9.17, 15) is 39.0 Å². The number of guanidine groups is 1. The van der Waals surface area contributed by atoms with Gasteiger partial charge in [-0.25, -0.2) is 4.79 Å². The van der Waals surface area contributed by atoms with Gasteiger partial charge >= 0.3 is 5.97 Å². The number of rotatable bonds is 16. The molecule has 0 saturated carbocycles. The Labute approximate surface area is 206 Å². The third-order valence-electron chi connectivity index (χ3n) is 4.62. The van der Waals surface area contributed by atoms with Crippen LogP contribution in [0.5, 0.6) is 0 Å². The minimum absolute atomic E-state index is 0.0700. The molecule has 0 heterocycles. The van der Waals surface area contributed by atoms with Gasteiger partial charge in [0.1, 0.15) is 18.1 Å². The Morgan fingerprint density at radius 1 is 0.861 bits per heavy atom. The van der Waals surface area contributed by atoms with Crippen molar-refractivity contribution >= 4 is 41.5 Å². The van der Waals surface area contributed by atoms with Gasteiger partial charge in [-0.05, 0) is 26.7 Å². The Morgan fingerprint density at radius 2 is 1.42 bits per heavy atom. The Balaban J connectivity index is 5.66. The number of aliphatic hydroxyl groups is 1. The number of hydrogen-bond acceptors (Lipinski definition) is 9. The highest BCUT2D eigenvalue weighted by atomic mass is 16.4. The molecule has 0 aromatic carbocycles. The van der Waals surface area contributed by atoms with Crippen LogP contribution in [0.15, 0.2) is 4.99 Å². The van der Waals surface area contributed by atoms with Crippen LogP contribution < -0.4 is 44.2 Å². The summed E-state index contributed by atoms with van der Waals surface area (Å²) < 4.78 is 0. The van der Waals surface area contributed by atoms with E-state index in [1.165, 1.54) is 6.92 Å². The Bertz CT molecular complexity index is 845.